The molecule has 0 radical (unpaired) electrons. The van der Waals surface area contributed by atoms with Crippen molar-refractivity contribution in [2.75, 3.05) is 19.6 Å². The van der Waals surface area contributed by atoms with E-state index in [4.69, 9.17) is 5.11 Å². The van der Waals surface area contributed by atoms with E-state index in [9.17, 15) is 4.79 Å². The Morgan fingerprint density at radius 2 is 1.93 bits per heavy atom. The van der Waals surface area contributed by atoms with Gasteiger partial charge < -0.3 is 10.0 Å². The molecule has 0 aliphatic rings. The second-order valence-electron chi connectivity index (χ2n) is 4.52. The minimum absolute atomic E-state index is 0.266. The van der Waals surface area contributed by atoms with E-state index in [1.54, 1.807) is 0 Å². The first-order valence-electron chi connectivity index (χ1n) is 6.00. The van der Waals surface area contributed by atoms with Crippen molar-refractivity contribution in [2.24, 2.45) is 5.92 Å². The van der Waals surface area contributed by atoms with Gasteiger partial charge in [-0.3, -0.25) is 4.79 Å². The summed E-state index contributed by atoms with van der Waals surface area (Å²) >= 11 is 0. The van der Waals surface area contributed by atoms with Gasteiger partial charge in [-0.1, -0.05) is 27.2 Å². The number of carbonyl (C=O) groups is 1. The Labute approximate surface area is 93.5 Å². The third kappa shape index (κ3) is 9.73. The summed E-state index contributed by atoms with van der Waals surface area (Å²) in [6.45, 7) is 9.34. The molecule has 0 aliphatic carbocycles. The minimum Gasteiger partial charge on any atom is -0.481 e. The number of hydrogen-bond acceptors (Lipinski definition) is 2. The van der Waals surface area contributed by atoms with Gasteiger partial charge in [0.05, 0.1) is 6.42 Å². The van der Waals surface area contributed by atoms with Crippen LogP contribution in [0.4, 0.5) is 0 Å². The molecule has 0 spiro atoms. The monoisotopic (exact) mass is 215 g/mol. The Morgan fingerprint density at radius 3 is 2.40 bits per heavy atom. The van der Waals surface area contributed by atoms with Crippen LogP contribution >= 0.6 is 0 Å². The molecule has 0 aromatic rings. The van der Waals surface area contributed by atoms with Crippen LogP contribution in [0.5, 0.6) is 0 Å². The molecular weight excluding hydrogens is 190 g/mol. The first-order valence-corrected chi connectivity index (χ1v) is 6.00. The number of unbranched alkanes of at least 4 members (excludes halogenated alkanes) is 1. The number of hydrogen-bond donors (Lipinski definition) is 1. The standard InChI is InChI=1S/C12H25NO2/c1-4-5-8-13(9-6-11(2)3)10-7-12(14)15/h11H,4-10H2,1-3H3,(H,14,15). The number of carboxylic acids is 1. The van der Waals surface area contributed by atoms with E-state index >= 15 is 0 Å². The molecule has 90 valence electrons. The van der Waals surface area contributed by atoms with Crippen molar-refractivity contribution in [2.45, 2.75) is 46.5 Å². The van der Waals surface area contributed by atoms with Crippen LogP contribution in [-0.2, 0) is 4.79 Å². The summed E-state index contributed by atoms with van der Waals surface area (Å²) in [6.07, 6.45) is 3.76. The zero-order valence-electron chi connectivity index (χ0n) is 10.3. The van der Waals surface area contributed by atoms with Crippen molar-refractivity contribution >= 4 is 5.97 Å². The van der Waals surface area contributed by atoms with Crippen LogP contribution in [0.15, 0.2) is 0 Å². The molecule has 15 heavy (non-hydrogen) atoms. The predicted molar refractivity (Wildman–Crippen MR) is 63.1 cm³/mol. The molecule has 3 nitrogen and oxygen atoms in total. The molecule has 0 heterocycles. The van der Waals surface area contributed by atoms with Gasteiger partial charge in [0.2, 0.25) is 0 Å². The van der Waals surface area contributed by atoms with Gasteiger partial charge in [0.15, 0.2) is 0 Å². The molecule has 0 aromatic carbocycles. The Hall–Kier alpha value is -0.570. The van der Waals surface area contributed by atoms with Crippen LogP contribution < -0.4 is 0 Å². The molecule has 0 amide bonds. The van der Waals surface area contributed by atoms with Gasteiger partial charge >= 0.3 is 5.97 Å². The molecule has 0 fully saturated rings. The normalized spacial score (nSPS) is 11.3. The summed E-state index contributed by atoms with van der Waals surface area (Å²) in [4.78, 5) is 12.8. The Morgan fingerprint density at radius 1 is 1.27 bits per heavy atom. The maximum atomic E-state index is 10.5. The Kier molecular flexibility index (Phi) is 8.38. The molecule has 0 saturated carbocycles. The quantitative estimate of drug-likeness (QED) is 0.642. The van der Waals surface area contributed by atoms with Crippen molar-refractivity contribution in [1.29, 1.82) is 0 Å². The lowest BCUT2D eigenvalue weighted by atomic mass is 10.1. The number of rotatable bonds is 9. The topological polar surface area (TPSA) is 40.5 Å². The molecule has 0 atom stereocenters. The van der Waals surface area contributed by atoms with Gasteiger partial charge in [0, 0.05) is 6.54 Å². The van der Waals surface area contributed by atoms with E-state index in [1.807, 2.05) is 0 Å². The van der Waals surface area contributed by atoms with Crippen molar-refractivity contribution in [3.63, 3.8) is 0 Å². The average Bonchev–Trinajstić information content (AvgIpc) is 2.16. The van der Waals surface area contributed by atoms with E-state index in [-0.39, 0.29) is 6.42 Å². The molecule has 0 aliphatic heterocycles. The SMILES string of the molecule is CCCCN(CCC(=O)O)CCC(C)C. The van der Waals surface area contributed by atoms with Gasteiger partial charge in [0.25, 0.3) is 0 Å². The van der Waals surface area contributed by atoms with E-state index in [0.717, 1.165) is 25.9 Å². The highest BCUT2D eigenvalue weighted by Crippen LogP contribution is 2.04. The number of aliphatic carboxylic acids is 1. The minimum atomic E-state index is -0.693. The lowest BCUT2D eigenvalue weighted by molar-refractivity contribution is -0.137. The fourth-order valence-electron chi connectivity index (χ4n) is 1.41. The molecule has 3 heteroatoms. The summed E-state index contributed by atoms with van der Waals surface area (Å²) in [5, 5.41) is 8.64. The van der Waals surface area contributed by atoms with E-state index in [0.29, 0.717) is 12.5 Å². The van der Waals surface area contributed by atoms with Crippen molar-refractivity contribution < 1.29 is 9.90 Å². The predicted octanol–water partition coefficient (Wildman–Crippen LogP) is 2.61. The second-order valence-corrected chi connectivity index (χ2v) is 4.52. The molecular formula is C12H25NO2. The highest BCUT2D eigenvalue weighted by molar-refractivity contribution is 5.66. The molecule has 0 unspecified atom stereocenters. The van der Waals surface area contributed by atoms with Crippen LogP contribution in [0, 0.1) is 5.92 Å². The summed E-state index contributed by atoms with van der Waals surface area (Å²) in [6, 6.07) is 0. The van der Waals surface area contributed by atoms with Gasteiger partial charge in [-0.25, -0.2) is 0 Å². The number of nitrogens with zero attached hydrogens (tertiary/aromatic N) is 1. The maximum absolute atomic E-state index is 10.5. The van der Waals surface area contributed by atoms with Crippen LogP contribution in [0.3, 0.4) is 0 Å². The zero-order chi connectivity index (χ0) is 11.7. The molecule has 0 rings (SSSR count). The number of carboxylic acid groups (broad SMARTS) is 1. The fraction of sp³-hybridized carbons (Fsp3) is 0.917. The summed E-state index contributed by atoms with van der Waals surface area (Å²) in [7, 11) is 0. The summed E-state index contributed by atoms with van der Waals surface area (Å²) < 4.78 is 0. The maximum Gasteiger partial charge on any atom is 0.304 e. The fourth-order valence-corrected chi connectivity index (χ4v) is 1.41. The van der Waals surface area contributed by atoms with Crippen LogP contribution in [0.1, 0.15) is 46.5 Å². The third-order valence-corrected chi connectivity index (χ3v) is 2.49. The van der Waals surface area contributed by atoms with Gasteiger partial charge in [-0.2, -0.15) is 0 Å². The summed E-state index contributed by atoms with van der Waals surface area (Å²) in [5.74, 6) is -0.000000000000000222. The van der Waals surface area contributed by atoms with Crippen LogP contribution in [0.2, 0.25) is 0 Å². The van der Waals surface area contributed by atoms with Crippen LogP contribution in [-0.4, -0.2) is 35.6 Å². The molecule has 1 N–H and O–H groups in total. The lowest BCUT2D eigenvalue weighted by Crippen LogP contribution is -2.29. The second kappa shape index (κ2) is 8.72. The van der Waals surface area contributed by atoms with Crippen LogP contribution in [0.25, 0.3) is 0 Å². The zero-order valence-corrected chi connectivity index (χ0v) is 10.3. The molecule has 0 aromatic heterocycles. The third-order valence-electron chi connectivity index (χ3n) is 2.49. The van der Waals surface area contributed by atoms with Gasteiger partial charge in [-0.05, 0) is 31.8 Å². The largest absolute Gasteiger partial charge is 0.481 e. The average molecular weight is 215 g/mol. The van der Waals surface area contributed by atoms with E-state index < -0.39 is 5.97 Å². The summed E-state index contributed by atoms with van der Waals surface area (Å²) in [5.41, 5.74) is 0. The Bertz CT molecular complexity index is 169. The van der Waals surface area contributed by atoms with E-state index in [2.05, 4.69) is 25.7 Å². The smallest absolute Gasteiger partial charge is 0.304 e. The van der Waals surface area contributed by atoms with Crippen molar-refractivity contribution in [3.8, 4) is 0 Å². The van der Waals surface area contributed by atoms with Gasteiger partial charge in [-0.15, -0.1) is 0 Å². The van der Waals surface area contributed by atoms with Gasteiger partial charge in [0.1, 0.15) is 0 Å². The lowest BCUT2D eigenvalue weighted by Gasteiger charge is -2.22. The van der Waals surface area contributed by atoms with Crippen molar-refractivity contribution in [3.05, 3.63) is 0 Å². The Balaban J connectivity index is 3.77. The molecule has 0 saturated heterocycles. The highest BCUT2D eigenvalue weighted by Gasteiger charge is 2.07. The first-order chi connectivity index (χ1) is 7.06. The first kappa shape index (κ1) is 14.4. The van der Waals surface area contributed by atoms with Crippen molar-refractivity contribution in [1.82, 2.24) is 4.90 Å². The highest BCUT2D eigenvalue weighted by atomic mass is 16.4. The molecule has 0 bridgehead atoms. The van der Waals surface area contributed by atoms with E-state index in [1.165, 1.54) is 6.42 Å².